The summed E-state index contributed by atoms with van der Waals surface area (Å²) in [6, 6.07) is 6.67. The predicted octanol–water partition coefficient (Wildman–Crippen LogP) is 2.82. The average molecular weight is 291 g/mol. The summed E-state index contributed by atoms with van der Waals surface area (Å²) in [6.45, 7) is 13.0. The van der Waals surface area contributed by atoms with E-state index in [4.69, 9.17) is 5.73 Å². The van der Waals surface area contributed by atoms with Crippen molar-refractivity contribution >= 4 is 0 Å². The van der Waals surface area contributed by atoms with Crippen molar-refractivity contribution < 1.29 is 0 Å². The van der Waals surface area contributed by atoms with Crippen LogP contribution in [0.3, 0.4) is 0 Å². The van der Waals surface area contributed by atoms with Crippen molar-refractivity contribution in [1.82, 2.24) is 9.80 Å². The molecule has 0 spiro atoms. The second kappa shape index (κ2) is 8.52. The fraction of sp³-hybridized carbons (Fsp3) is 0.667. The number of hydrogen-bond acceptors (Lipinski definition) is 3. The fourth-order valence-electron chi connectivity index (χ4n) is 2.49. The smallest absolute Gasteiger partial charge is 0.0424 e. The first-order valence-electron chi connectivity index (χ1n) is 7.99. The maximum atomic E-state index is 6.44. The number of nitrogens with zero attached hydrogens (tertiary/aromatic N) is 2. The molecule has 0 aliphatic rings. The summed E-state index contributed by atoms with van der Waals surface area (Å²) in [5.74, 6) is 0.666. The van der Waals surface area contributed by atoms with Gasteiger partial charge >= 0.3 is 0 Å². The van der Waals surface area contributed by atoms with Gasteiger partial charge in [-0.25, -0.2) is 0 Å². The molecule has 0 bridgehead atoms. The lowest BCUT2D eigenvalue weighted by Crippen LogP contribution is -2.39. The van der Waals surface area contributed by atoms with Crippen molar-refractivity contribution in [3.63, 3.8) is 0 Å². The Labute approximate surface area is 131 Å². The second-order valence-electron chi connectivity index (χ2n) is 6.91. The number of hydrogen-bond donors (Lipinski definition) is 1. The van der Waals surface area contributed by atoms with Crippen LogP contribution in [0.15, 0.2) is 18.2 Å². The van der Waals surface area contributed by atoms with Crippen LogP contribution in [-0.2, 0) is 0 Å². The second-order valence-corrected chi connectivity index (χ2v) is 6.91. The zero-order valence-corrected chi connectivity index (χ0v) is 14.7. The highest BCUT2D eigenvalue weighted by Crippen LogP contribution is 2.17. The molecular weight excluding hydrogens is 258 g/mol. The minimum absolute atomic E-state index is 0.0882. The van der Waals surface area contributed by atoms with Gasteiger partial charge in [-0.2, -0.15) is 0 Å². The van der Waals surface area contributed by atoms with Crippen LogP contribution in [0.25, 0.3) is 0 Å². The highest BCUT2D eigenvalue weighted by molar-refractivity contribution is 5.31. The molecule has 21 heavy (non-hydrogen) atoms. The van der Waals surface area contributed by atoms with Crippen LogP contribution < -0.4 is 5.73 Å². The van der Waals surface area contributed by atoms with Gasteiger partial charge in [0.25, 0.3) is 0 Å². The molecule has 1 atom stereocenters. The summed E-state index contributed by atoms with van der Waals surface area (Å²) in [4.78, 5) is 4.72. The molecule has 1 aromatic carbocycles. The Balaban J connectivity index is 2.69. The SMILES string of the molecule is Cc1ccc(C(N)CN(CCN(C)C)CC(C)C)cc1C. The van der Waals surface area contributed by atoms with E-state index in [1.165, 1.54) is 16.7 Å². The monoisotopic (exact) mass is 291 g/mol. The van der Waals surface area contributed by atoms with Crippen LogP contribution in [0.4, 0.5) is 0 Å². The number of likely N-dealkylation sites (N-methyl/N-ethyl adjacent to an activating group) is 1. The van der Waals surface area contributed by atoms with Gasteiger partial charge in [0.1, 0.15) is 0 Å². The third kappa shape index (κ3) is 6.60. The largest absolute Gasteiger partial charge is 0.323 e. The van der Waals surface area contributed by atoms with Crippen LogP contribution in [0.2, 0.25) is 0 Å². The predicted molar refractivity (Wildman–Crippen MR) is 92.7 cm³/mol. The van der Waals surface area contributed by atoms with Crippen molar-refractivity contribution in [2.24, 2.45) is 11.7 Å². The van der Waals surface area contributed by atoms with Gasteiger partial charge in [-0.3, -0.25) is 4.90 Å². The molecule has 0 heterocycles. The molecule has 0 aliphatic carbocycles. The Morgan fingerprint density at radius 3 is 2.19 bits per heavy atom. The Hall–Kier alpha value is -0.900. The van der Waals surface area contributed by atoms with Gasteiger partial charge in [-0.15, -0.1) is 0 Å². The molecule has 3 heteroatoms. The fourth-order valence-corrected chi connectivity index (χ4v) is 2.49. The lowest BCUT2D eigenvalue weighted by molar-refractivity contribution is 0.208. The van der Waals surface area contributed by atoms with Gasteiger partial charge in [0.15, 0.2) is 0 Å². The third-order valence-corrected chi connectivity index (χ3v) is 3.90. The summed E-state index contributed by atoms with van der Waals surface area (Å²) >= 11 is 0. The molecule has 0 radical (unpaired) electrons. The first kappa shape index (κ1) is 18.1. The Bertz CT molecular complexity index is 426. The first-order chi connectivity index (χ1) is 9.79. The molecule has 0 saturated carbocycles. The van der Waals surface area contributed by atoms with E-state index in [1.54, 1.807) is 0 Å². The standard InChI is InChI=1S/C18H33N3/c1-14(2)12-21(10-9-20(5)6)13-18(19)17-8-7-15(3)16(4)11-17/h7-8,11,14,18H,9-10,12-13,19H2,1-6H3. The summed E-state index contributed by atoms with van der Waals surface area (Å²) < 4.78 is 0. The van der Waals surface area contributed by atoms with Crippen molar-refractivity contribution in [3.8, 4) is 0 Å². The Morgan fingerprint density at radius 2 is 1.67 bits per heavy atom. The van der Waals surface area contributed by atoms with E-state index in [1.807, 2.05) is 0 Å². The Morgan fingerprint density at radius 1 is 1.00 bits per heavy atom. The molecule has 3 nitrogen and oxygen atoms in total. The van der Waals surface area contributed by atoms with Crippen molar-refractivity contribution in [2.75, 3.05) is 40.3 Å². The maximum absolute atomic E-state index is 6.44. The summed E-state index contributed by atoms with van der Waals surface area (Å²) in [5, 5.41) is 0. The molecule has 1 aromatic rings. The van der Waals surface area contributed by atoms with Gasteiger partial charge in [0.05, 0.1) is 0 Å². The first-order valence-corrected chi connectivity index (χ1v) is 7.99. The number of nitrogens with two attached hydrogens (primary N) is 1. The highest BCUT2D eigenvalue weighted by atomic mass is 15.2. The van der Waals surface area contributed by atoms with E-state index < -0.39 is 0 Å². The minimum atomic E-state index is 0.0882. The summed E-state index contributed by atoms with van der Waals surface area (Å²) in [5.41, 5.74) is 10.3. The average Bonchev–Trinajstić information content (AvgIpc) is 2.38. The molecule has 0 aliphatic heterocycles. The molecule has 120 valence electrons. The van der Waals surface area contributed by atoms with E-state index in [0.717, 1.165) is 26.2 Å². The zero-order valence-electron chi connectivity index (χ0n) is 14.7. The van der Waals surface area contributed by atoms with Crippen molar-refractivity contribution in [2.45, 2.75) is 33.7 Å². The molecule has 0 saturated heterocycles. The number of rotatable bonds is 8. The van der Waals surface area contributed by atoms with Gasteiger partial charge in [-0.05, 0) is 50.6 Å². The van der Waals surface area contributed by atoms with E-state index in [-0.39, 0.29) is 6.04 Å². The molecule has 1 rings (SSSR count). The van der Waals surface area contributed by atoms with E-state index in [2.05, 4.69) is 69.8 Å². The lowest BCUT2D eigenvalue weighted by Gasteiger charge is -2.28. The quantitative estimate of drug-likeness (QED) is 0.799. The van der Waals surface area contributed by atoms with E-state index >= 15 is 0 Å². The minimum Gasteiger partial charge on any atom is -0.323 e. The zero-order chi connectivity index (χ0) is 16.0. The normalized spacial score (nSPS) is 13.4. The highest BCUT2D eigenvalue weighted by Gasteiger charge is 2.14. The van der Waals surface area contributed by atoms with Gasteiger partial charge in [0.2, 0.25) is 0 Å². The molecular formula is C18H33N3. The van der Waals surface area contributed by atoms with Gasteiger partial charge < -0.3 is 10.6 Å². The Kier molecular flexibility index (Phi) is 7.36. The van der Waals surface area contributed by atoms with Gasteiger partial charge in [0, 0.05) is 32.2 Å². The third-order valence-electron chi connectivity index (χ3n) is 3.90. The lowest BCUT2D eigenvalue weighted by atomic mass is 10.0. The molecule has 0 fully saturated rings. The van der Waals surface area contributed by atoms with Crippen LogP contribution in [0.1, 0.15) is 36.6 Å². The van der Waals surface area contributed by atoms with Crippen LogP contribution in [-0.4, -0.2) is 50.1 Å². The number of benzene rings is 1. The van der Waals surface area contributed by atoms with Crippen LogP contribution in [0, 0.1) is 19.8 Å². The van der Waals surface area contributed by atoms with E-state index in [0.29, 0.717) is 5.92 Å². The van der Waals surface area contributed by atoms with Crippen LogP contribution >= 0.6 is 0 Å². The van der Waals surface area contributed by atoms with Crippen molar-refractivity contribution in [3.05, 3.63) is 34.9 Å². The maximum Gasteiger partial charge on any atom is 0.0424 e. The molecule has 2 N–H and O–H groups in total. The number of aryl methyl sites for hydroxylation is 2. The summed E-state index contributed by atoms with van der Waals surface area (Å²) in [6.07, 6.45) is 0. The van der Waals surface area contributed by atoms with E-state index in [9.17, 15) is 0 Å². The summed E-state index contributed by atoms with van der Waals surface area (Å²) in [7, 11) is 4.24. The molecule has 0 aromatic heterocycles. The van der Waals surface area contributed by atoms with Crippen molar-refractivity contribution in [1.29, 1.82) is 0 Å². The van der Waals surface area contributed by atoms with Crippen LogP contribution in [0.5, 0.6) is 0 Å². The molecule has 1 unspecified atom stereocenters. The topological polar surface area (TPSA) is 32.5 Å². The van der Waals surface area contributed by atoms with Gasteiger partial charge in [-0.1, -0.05) is 32.0 Å². The molecule has 0 amide bonds.